The van der Waals surface area contributed by atoms with Crippen molar-refractivity contribution in [1.29, 1.82) is 0 Å². The van der Waals surface area contributed by atoms with E-state index in [1.165, 1.54) is 0 Å². The fourth-order valence-electron chi connectivity index (χ4n) is 3.86. The third-order valence-electron chi connectivity index (χ3n) is 5.09. The summed E-state index contributed by atoms with van der Waals surface area (Å²) in [5, 5.41) is 10.1. The van der Waals surface area contributed by atoms with Crippen molar-refractivity contribution in [3.63, 3.8) is 0 Å². The molecule has 0 aromatic rings. The van der Waals surface area contributed by atoms with Gasteiger partial charge in [-0.2, -0.15) is 14.7 Å². The number of hydrogen-bond acceptors (Lipinski definition) is 8. The molecule has 0 aliphatic rings. The van der Waals surface area contributed by atoms with Crippen LogP contribution >= 0.6 is 0 Å². The molecule has 27 heavy (non-hydrogen) atoms. The predicted molar refractivity (Wildman–Crippen MR) is 110 cm³/mol. The Morgan fingerprint density at radius 3 is 1.63 bits per heavy atom. The number of carbonyl (C=O) groups excluding carboxylic acids is 1. The van der Waals surface area contributed by atoms with Crippen molar-refractivity contribution in [3.05, 3.63) is 27.4 Å². The molecular weight excluding hydrogens is 366 g/mol. The number of rotatable bonds is 17. The second-order valence-corrected chi connectivity index (χ2v) is 11.5. The Morgan fingerprint density at radius 1 is 0.926 bits per heavy atom. The highest BCUT2D eigenvalue weighted by molar-refractivity contribution is 6.84. The first-order chi connectivity index (χ1) is 13.0. The van der Waals surface area contributed by atoms with Crippen molar-refractivity contribution in [3.8, 4) is 0 Å². The van der Waals surface area contributed by atoms with Gasteiger partial charge in [0, 0.05) is 6.08 Å². The number of esters is 1. The Kier molecular flexibility index (Phi) is 13.4. The molecule has 0 N–H and O–H groups in total. The van der Waals surface area contributed by atoms with Crippen molar-refractivity contribution < 1.29 is 9.53 Å². The van der Waals surface area contributed by atoms with Crippen molar-refractivity contribution >= 4 is 14.0 Å². The minimum absolute atomic E-state index is 0.132. The van der Waals surface area contributed by atoms with E-state index >= 15 is 0 Å². The highest BCUT2D eigenvalue weighted by Gasteiger charge is 2.55. The molecule has 0 amide bonds. The maximum Gasteiger partial charge on any atom is 0.330 e. The standard InChI is InChI=1S/C18H33N3O5Si/c1-5-10-15(19-23)27(16(20-24)11-6-2,17(21-25)12-7-3)14-9-13-26-18(22)8-4/h8,15-17H,4-7,9-14H2,1-3H3. The lowest BCUT2D eigenvalue weighted by atomic mass is 10.3. The van der Waals surface area contributed by atoms with Gasteiger partial charge < -0.3 is 4.74 Å². The normalized spacial score (nSPS) is 16.4. The van der Waals surface area contributed by atoms with Crippen LogP contribution in [0.3, 0.4) is 0 Å². The van der Waals surface area contributed by atoms with Crippen molar-refractivity contribution in [1.82, 2.24) is 0 Å². The maximum absolute atomic E-state index is 11.8. The zero-order valence-electron chi connectivity index (χ0n) is 16.8. The highest BCUT2D eigenvalue weighted by Crippen LogP contribution is 2.37. The minimum atomic E-state index is -2.98. The highest BCUT2D eigenvalue weighted by atomic mass is 28.3. The Bertz CT molecular complexity index is 444. The molecule has 0 radical (unpaired) electrons. The van der Waals surface area contributed by atoms with Gasteiger partial charge >= 0.3 is 5.97 Å². The first kappa shape index (κ1) is 25.2. The van der Waals surface area contributed by atoms with Gasteiger partial charge in [0.1, 0.15) is 0 Å². The quantitative estimate of drug-likeness (QED) is 0.112. The topological polar surface area (TPSA) is 115 Å². The lowest BCUT2D eigenvalue weighted by molar-refractivity contribution is -0.137. The molecule has 0 aromatic heterocycles. The summed E-state index contributed by atoms with van der Waals surface area (Å²) in [6.07, 6.45) is 5.18. The second kappa shape index (κ2) is 14.3. The van der Waals surface area contributed by atoms with E-state index < -0.39 is 31.0 Å². The Morgan fingerprint density at radius 2 is 1.33 bits per heavy atom. The van der Waals surface area contributed by atoms with E-state index in [-0.39, 0.29) is 6.61 Å². The molecule has 0 aliphatic carbocycles. The van der Waals surface area contributed by atoms with E-state index in [9.17, 15) is 19.5 Å². The van der Waals surface area contributed by atoms with Crippen LogP contribution in [-0.4, -0.2) is 37.6 Å². The van der Waals surface area contributed by atoms with Crippen LogP contribution in [0.2, 0.25) is 6.04 Å². The van der Waals surface area contributed by atoms with Gasteiger partial charge in [-0.3, -0.25) is 0 Å². The Hall–Kier alpha value is -1.77. The zero-order valence-corrected chi connectivity index (χ0v) is 17.8. The van der Waals surface area contributed by atoms with Gasteiger partial charge in [0.05, 0.1) is 23.6 Å². The van der Waals surface area contributed by atoms with E-state index in [1.807, 2.05) is 20.8 Å². The second-order valence-electron chi connectivity index (χ2n) is 6.82. The average molecular weight is 400 g/mol. The SMILES string of the molecule is C=CC(=O)OCCC[Si](C(CCC)N=O)(C(CCC)N=O)C(CCC)N=O. The van der Waals surface area contributed by atoms with Gasteiger partial charge in [0.15, 0.2) is 8.07 Å². The van der Waals surface area contributed by atoms with Crippen LogP contribution in [0.5, 0.6) is 0 Å². The molecule has 154 valence electrons. The summed E-state index contributed by atoms with van der Waals surface area (Å²) in [4.78, 5) is 46.6. The molecule has 0 aliphatic heterocycles. The van der Waals surface area contributed by atoms with E-state index in [4.69, 9.17) is 4.74 Å². The summed E-state index contributed by atoms with van der Waals surface area (Å²) in [6, 6.07) is 0.445. The van der Waals surface area contributed by atoms with Crippen molar-refractivity contribution in [2.24, 2.45) is 15.5 Å². The molecule has 3 unspecified atom stereocenters. The lowest BCUT2D eigenvalue weighted by Gasteiger charge is -2.41. The largest absolute Gasteiger partial charge is 0.463 e. The summed E-state index contributed by atoms with van der Waals surface area (Å²) in [7, 11) is -2.98. The van der Waals surface area contributed by atoms with Gasteiger partial charge in [-0.05, 0) is 31.7 Å². The van der Waals surface area contributed by atoms with E-state index in [0.717, 1.165) is 6.08 Å². The number of nitrogens with zero attached hydrogens (tertiary/aromatic N) is 3. The smallest absolute Gasteiger partial charge is 0.330 e. The third-order valence-corrected chi connectivity index (χ3v) is 11.2. The fraction of sp³-hybridized carbons (Fsp3) is 0.833. The van der Waals surface area contributed by atoms with Crippen molar-refractivity contribution in [2.75, 3.05) is 6.61 Å². The fourth-order valence-corrected chi connectivity index (χ4v) is 10.0. The zero-order chi connectivity index (χ0) is 20.7. The van der Waals surface area contributed by atoms with Crippen LogP contribution in [-0.2, 0) is 9.53 Å². The van der Waals surface area contributed by atoms with Crippen LogP contribution < -0.4 is 0 Å². The van der Waals surface area contributed by atoms with Gasteiger partial charge in [-0.1, -0.05) is 62.1 Å². The molecule has 0 rings (SSSR count). The van der Waals surface area contributed by atoms with Gasteiger partial charge in [-0.25, -0.2) is 4.79 Å². The first-order valence-electron chi connectivity index (χ1n) is 9.78. The molecule has 0 saturated heterocycles. The molecule has 3 atom stereocenters. The number of nitroso groups, excluding NO2 is 3. The van der Waals surface area contributed by atoms with Gasteiger partial charge in [0.25, 0.3) is 0 Å². The van der Waals surface area contributed by atoms with E-state index in [2.05, 4.69) is 22.1 Å². The lowest BCUT2D eigenvalue weighted by Crippen LogP contribution is -2.64. The summed E-state index contributed by atoms with van der Waals surface area (Å²) >= 11 is 0. The van der Waals surface area contributed by atoms with Crippen LogP contribution in [0, 0.1) is 14.7 Å². The maximum atomic E-state index is 11.8. The number of carbonyl (C=O) groups is 1. The molecule has 0 aromatic carbocycles. The molecule has 0 spiro atoms. The minimum Gasteiger partial charge on any atom is -0.463 e. The molecule has 9 heteroatoms. The molecule has 0 bridgehead atoms. The molecule has 8 nitrogen and oxygen atoms in total. The number of hydrogen-bond donors (Lipinski definition) is 0. The molecule has 0 heterocycles. The molecule has 0 fully saturated rings. The molecular formula is C18H33N3O5Si. The number of ether oxygens (including phenoxy) is 1. The van der Waals surface area contributed by atoms with Crippen LogP contribution in [0.25, 0.3) is 0 Å². The monoisotopic (exact) mass is 399 g/mol. The van der Waals surface area contributed by atoms with Crippen molar-refractivity contribution in [2.45, 2.75) is 88.8 Å². The van der Waals surface area contributed by atoms with Gasteiger partial charge in [-0.15, -0.1) is 0 Å². The van der Waals surface area contributed by atoms with Crippen LogP contribution in [0.4, 0.5) is 0 Å². The predicted octanol–water partition coefficient (Wildman–Crippen LogP) is 4.98. The van der Waals surface area contributed by atoms with Crippen LogP contribution in [0.15, 0.2) is 28.2 Å². The van der Waals surface area contributed by atoms with Gasteiger partial charge in [0.2, 0.25) is 0 Å². The van der Waals surface area contributed by atoms with E-state index in [1.54, 1.807) is 0 Å². The van der Waals surface area contributed by atoms with Crippen LogP contribution in [0.1, 0.15) is 65.7 Å². The summed E-state index contributed by atoms with van der Waals surface area (Å²) in [6.45, 7) is 9.30. The van der Waals surface area contributed by atoms with E-state index in [0.29, 0.717) is 51.0 Å². The summed E-state index contributed by atoms with van der Waals surface area (Å²) < 4.78 is 5.05. The Balaban J connectivity index is 5.97. The first-order valence-corrected chi connectivity index (χ1v) is 12.2. The molecule has 0 saturated carbocycles. The summed E-state index contributed by atoms with van der Waals surface area (Å²) in [5.74, 6) is -0.530. The average Bonchev–Trinajstić information content (AvgIpc) is 2.69. The Labute approximate surface area is 162 Å². The third kappa shape index (κ3) is 7.04. The summed E-state index contributed by atoms with van der Waals surface area (Å²) in [5.41, 5.74) is -1.83.